The normalized spacial score (nSPS) is 42.1. The van der Waals surface area contributed by atoms with Crippen LogP contribution in [-0.4, -0.2) is 91.1 Å². The van der Waals surface area contributed by atoms with Gasteiger partial charge in [-0.2, -0.15) is 0 Å². The van der Waals surface area contributed by atoms with E-state index < -0.39 is 76.1 Å². The lowest BCUT2D eigenvalue weighted by Crippen LogP contribution is -2.67. The molecule has 0 aliphatic heterocycles. The van der Waals surface area contributed by atoms with Gasteiger partial charge < -0.3 is 39.4 Å². The van der Waals surface area contributed by atoms with E-state index in [1.807, 2.05) is 0 Å². The summed E-state index contributed by atoms with van der Waals surface area (Å²) >= 11 is 0. The maximum atomic E-state index is 12.1. The predicted molar refractivity (Wildman–Crippen MR) is 156 cm³/mol. The highest BCUT2D eigenvalue weighted by Crippen LogP contribution is 2.61. The van der Waals surface area contributed by atoms with Gasteiger partial charge in [0.25, 0.3) is 0 Å². The van der Waals surface area contributed by atoms with E-state index in [-0.39, 0.29) is 17.8 Å². The highest BCUT2D eigenvalue weighted by molar-refractivity contribution is 5.79. The Hall–Kier alpha value is -2.28. The lowest BCUT2D eigenvalue weighted by atomic mass is 9.50. The van der Waals surface area contributed by atoms with Crippen LogP contribution in [0, 0.1) is 23.2 Å². The third-order valence-corrected chi connectivity index (χ3v) is 10.3. The van der Waals surface area contributed by atoms with Crippen molar-refractivity contribution < 1.29 is 58.6 Å². The zero-order valence-electron chi connectivity index (χ0n) is 27.2. The molecule has 0 spiro atoms. The van der Waals surface area contributed by atoms with E-state index in [2.05, 4.69) is 0 Å². The van der Waals surface area contributed by atoms with Crippen molar-refractivity contribution in [3.63, 3.8) is 0 Å². The van der Waals surface area contributed by atoms with Gasteiger partial charge in [0.05, 0.1) is 33.7 Å². The van der Waals surface area contributed by atoms with E-state index >= 15 is 0 Å². The van der Waals surface area contributed by atoms with Gasteiger partial charge in [-0.1, -0.05) is 13.8 Å². The van der Waals surface area contributed by atoms with Crippen molar-refractivity contribution in [1.29, 1.82) is 0 Å². The maximum Gasteiger partial charge on any atom is 0.344 e. The number of ether oxygens (including phenoxy) is 4. The fourth-order valence-corrected chi connectivity index (χ4v) is 9.91. The summed E-state index contributed by atoms with van der Waals surface area (Å²) in [7, 11) is 0. The number of hydrogen-bond donors (Lipinski definition) is 4. The first-order chi connectivity index (χ1) is 20.6. The van der Waals surface area contributed by atoms with Crippen LogP contribution < -0.4 is 0 Å². The zero-order chi connectivity index (χ0) is 33.3. The number of aliphatic hydroxyl groups is 4. The average Bonchev–Trinajstić information content (AvgIpc) is 2.80. The number of hydrogen-bond acceptors (Lipinski definition) is 12. The summed E-state index contributed by atoms with van der Waals surface area (Å²) < 4.78 is 21.1. The first-order valence-electron chi connectivity index (χ1n) is 16.2. The van der Waals surface area contributed by atoms with Crippen molar-refractivity contribution in [1.82, 2.24) is 0 Å². The van der Waals surface area contributed by atoms with Gasteiger partial charge >= 0.3 is 23.9 Å². The minimum absolute atomic E-state index is 0.172. The third-order valence-electron chi connectivity index (χ3n) is 10.3. The molecular weight excluding hydrogens is 588 g/mol. The van der Waals surface area contributed by atoms with Crippen LogP contribution in [0.3, 0.4) is 0 Å². The SMILES string of the molecule is CC(C)(C)C(=O)OCC(=O)OC12CC3CC(O)(CC(O)(C3)C1)C2.CC(C)C(=O)OCC(=O)OC12CC3CC(O)(CC(O)(C3)C1)C2. The van der Waals surface area contributed by atoms with Crippen LogP contribution in [0.1, 0.15) is 112 Å². The highest BCUT2D eigenvalue weighted by atomic mass is 16.6. The first-order valence-corrected chi connectivity index (χ1v) is 16.2. The summed E-state index contributed by atoms with van der Waals surface area (Å²) in [5.41, 5.74) is -6.09. The van der Waals surface area contributed by atoms with Gasteiger partial charge in [-0.05, 0) is 71.1 Å². The standard InChI is InChI=1S/C17H26O6.C16H24O6/c1-14(2,3)13(19)22-7-12(18)23-17-6-11-4-15(20,9-17)8-16(21,5-11)10-17;1-10(2)13(18)21-6-12(17)22-16-5-11-3-14(19,8-16)7-15(20,4-11)9-16/h11,20-21H,4-10H2,1-3H3;10-11,19-20H,3-9H2,1-2H3. The molecule has 0 aromatic heterocycles. The fourth-order valence-electron chi connectivity index (χ4n) is 9.91. The summed E-state index contributed by atoms with van der Waals surface area (Å²) in [5.74, 6) is -2.07. The minimum atomic E-state index is -0.948. The van der Waals surface area contributed by atoms with Gasteiger partial charge in [-0.15, -0.1) is 0 Å². The van der Waals surface area contributed by atoms with Crippen LogP contribution in [0.25, 0.3) is 0 Å². The van der Waals surface area contributed by atoms with E-state index in [1.165, 1.54) is 0 Å². The molecule has 0 amide bonds. The third kappa shape index (κ3) is 7.49. The smallest absolute Gasteiger partial charge is 0.344 e. The Balaban J connectivity index is 0.000000178. The quantitative estimate of drug-likeness (QED) is 0.236. The van der Waals surface area contributed by atoms with E-state index in [0.29, 0.717) is 77.0 Å². The summed E-state index contributed by atoms with van der Waals surface area (Å²) in [4.78, 5) is 47.2. The first kappa shape index (κ1) is 34.1. The molecule has 8 bridgehead atoms. The van der Waals surface area contributed by atoms with Gasteiger partial charge in [-0.25, -0.2) is 9.59 Å². The average molecular weight is 639 g/mol. The molecule has 254 valence electrons. The largest absolute Gasteiger partial charge is 0.456 e. The number of carbonyl (C=O) groups excluding carboxylic acids is 4. The van der Waals surface area contributed by atoms with E-state index in [4.69, 9.17) is 18.9 Å². The molecule has 0 heterocycles. The van der Waals surface area contributed by atoms with Crippen LogP contribution in [0.5, 0.6) is 0 Å². The molecular formula is C33H50O12. The number of esters is 4. The molecule has 4 atom stereocenters. The van der Waals surface area contributed by atoms with Gasteiger partial charge in [0.2, 0.25) is 0 Å². The van der Waals surface area contributed by atoms with E-state index in [1.54, 1.807) is 34.6 Å². The molecule has 8 fully saturated rings. The van der Waals surface area contributed by atoms with Crippen molar-refractivity contribution >= 4 is 23.9 Å². The second kappa shape index (κ2) is 11.2. The fraction of sp³-hybridized carbons (Fsp3) is 0.879. The molecule has 4 unspecified atom stereocenters. The van der Waals surface area contributed by atoms with Crippen molar-refractivity contribution in [3.05, 3.63) is 0 Å². The molecule has 0 aromatic rings. The van der Waals surface area contributed by atoms with E-state index in [0.717, 1.165) is 0 Å². The predicted octanol–water partition coefficient (Wildman–Crippen LogP) is 2.24. The Morgan fingerprint density at radius 1 is 0.622 bits per heavy atom. The topological polar surface area (TPSA) is 186 Å². The molecule has 12 heteroatoms. The molecule has 8 aliphatic carbocycles. The Labute approximate surface area is 264 Å². The summed E-state index contributed by atoms with van der Waals surface area (Å²) in [6, 6.07) is 0. The van der Waals surface area contributed by atoms with Gasteiger partial charge in [0.1, 0.15) is 11.2 Å². The Morgan fingerprint density at radius 3 is 1.29 bits per heavy atom. The molecule has 0 aromatic carbocycles. The minimum Gasteiger partial charge on any atom is -0.456 e. The zero-order valence-corrected chi connectivity index (χ0v) is 27.2. The highest BCUT2D eigenvalue weighted by Gasteiger charge is 2.65. The second-order valence-corrected chi connectivity index (χ2v) is 16.8. The van der Waals surface area contributed by atoms with Crippen LogP contribution >= 0.6 is 0 Å². The number of carbonyl (C=O) groups is 4. The lowest BCUT2D eigenvalue weighted by Gasteiger charge is -2.62. The molecule has 4 N–H and O–H groups in total. The maximum absolute atomic E-state index is 12.1. The lowest BCUT2D eigenvalue weighted by molar-refractivity contribution is -0.263. The monoisotopic (exact) mass is 638 g/mol. The van der Waals surface area contributed by atoms with Gasteiger partial charge in [-0.3, -0.25) is 9.59 Å². The van der Waals surface area contributed by atoms with Crippen molar-refractivity contribution in [3.8, 4) is 0 Å². The second-order valence-electron chi connectivity index (χ2n) is 16.8. The molecule has 12 nitrogen and oxygen atoms in total. The van der Waals surface area contributed by atoms with Crippen molar-refractivity contribution in [2.24, 2.45) is 23.2 Å². The molecule has 45 heavy (non-hydrogen) atoms. The van der Waals surface area contributed by atoms with Crippen molar-refractivity contribution in [2.75, 3.05) is 13.2 Å². The van der Waals surface area contributed by atoms with Crippen LogP contribution in [0.4, 0.5) is 0 Å². The van der Waals surface area contributed by atoms with Gasteiger partial charge in [0.15, 0.2) is 13.2 Å². The Bertz CT molecular complexity index is 1180. The molecule has 0 radical (unpaired) electrons. The van der Waals surface area contributed by atoms with Crippen LogP contribution in [0.15, 0.2) is 0 Å². The molecule has 8 aliphatic rings. The van der Waals surface area contributed by atoms with Crippen LogP contribution in [0.2, 0.25) is 0 Å². The summed E-state index contributed by atoms with van der Waals surface area (Å²) in [6.07, 6.45) is 6.14. The van der Waals surface area contributed by atoms with Crippen molar-refractivity contribution in [2.45, 2.75) is 145 Å². The van der Waals surface area contributed by atoms with Gasteiger partial charge in [0, 0.05) is 38.5 Å². The molecule has 0 saturated heterocycles. The van der Waals surface area contributed by atoms with Crippen LogP contribution in [-0.2, 0) is 38.1 Å². The van der Waals surface area contributed by atoms with E-state index in [9.17, 15) is 39.6 Å². The summed E-state index contributed by atoms with van der Waals surface area (Å²) in [5, 5.41) is 42.5. The Kier molecular flexibility index (Phi) is 8.45. The summed E-state index contributed by atoms with van der Waals surface area (Å²) in [6.45, 7) is 7.68. The molecule has 8 rings (SSSR count). The molecule has 8 saturated carbocycles. The number of rotatable bonds is 7. The Morgan fingerprint density at radius 2 is 0.978 bits per heavy atom.